The fourth-order valence-electron chi connectivity index (χ4n) is 3.29. The van der Waals surface area contributed by atoms with Gasteiger partial charge in [0.15, 0.2) is 11.5 Å². The summed E-state index contributed by atoms with van der Waals surface area (Å²) in [5.74, 6) is 0.0620. The molecule has 1 unspecified atom stereocenters. The van der Waals surface area contributed by atoms with E-state index in [1.54, 1.807) is 30.8 Å². The SMILES string of the molecule is Cc1sccc1C1(c2cccc(-c3cncnc3)c2)N=C(N)N(C)C1=O. The molecule has 1 aliphatic heterocycles. The van der Waals surface area contributed by atoms with Crippen LogP contribution in [-0.2, 0) is 10.3 Å². The minimum Gasteiger partial charge on any atom is -0.369 e. The second kappa shape index (κ2) is 6.03. The third-order valence-electron chi connectivity index (χ3n) is 4.66. The molecule has 0 spiro atoms. The molecule has 4 rings (SSSR count). The molecule has 6 nitrogen and oxygen atoms in total. The van der Waals surface area contributed by atoms with Crippen LogP contribution in [0.3, 0.4) is 0 Å². The Morgan fingerprint density at radius 3 is 2.54 bits per heavy atom. The first-order valence-corrected chi connectivity index (χ1v) is 8.96. The number of hydrogen-bond donors (Lipinski definition) is 1. The summed E-state index contributed by atoms with van der Waals surface area (Å²) in [6.45, 7) is 1.99. The van der Waals surface area contributed by atoms with Gasteiger partial charge in [0.2, 0.25) is 0 Å². The van der Waals surface area contributed by atoms with E-state index >= 15 is 0 Å². The average Bonchev–Trinajstić information content (AvgIpc) is 3.20. The van der Waals surface area contributed by atoms with Crippen LogP contribution < -0.4 is 5.73 Å². The van der Waals surface area contributed by atoms with E-state index in [1.807, 2.05) is 42.6 Å². The number of guanidine groups is 1. The van der Waals surface area contributed by atoms with Crippen LogP contribution in [0.4, 0.5) is 0 Å². The van der Waals surface area contributed by atoms with Gasteiger partial charge in [-0.2, -0.15) is 0 Å². The zero-order valence-corrected chi connectivity index (χ0v) is 15.2. The molecule has 3 heterocycles. The van der Waals surface area contributed by atoms with Crippen LogP contribution >= 0.6 is 11.3 Å². The lowest BCUT2D eigenvalue weighted by molar-refractivity contribution is -0.129. The predicted molar refractivity (Wildman–Crippen MR) is 102 cm³/mol. The van der Waals surface area contributed by atoms with Gasteiger partial charge in [-0.05, 0) is 35.6 Å². The summed E-state index contributed by atoms with van der Waals surface area (Å²) in [6.07, 6.45) is 4.98. The minimum atomic E-state index is -1.16. The highest BCUT2D eigenvalue weighted by atomic mass is 32.1. The summed E-state index contributed by atoms with van der Waals surface area (Å²) in [5, 5.41) is 1.97. The molecule has 0 bridgehead atoms. The van der Waals surface area contributed by atoms with E-state index in [0.717, 1.165) is 27.1 Å². The molecule has 0 fully saturated rings. The topological polar surface area (TPSA) is 84.5 Å². The van der Waals surface area contributed by atoms with Gasteiger partial charge in [0, 0.05) is 35.4 Å². The predicted octanol–water partition coefficient (Wildman–Crippen LogP) is 2.54. The molecule has 7 heteroatoms. The molecular formula is C19H17N5OS. The summed E-state index contributed by atoms with van der Waals surface area (Å²) >= 11 is 1.59. The number of carbonyl (C=O) groups excluding carboxylic acids is 1. The fourth-order valence-corrected chi connectivity index (χ4v) is 4.04. The first-order chi connectivity index (χ1) is 12.5. The quantitative estimate of drug-likeness (QED) is 0.775. The van der Waals surface area contributed by atoms with Crippen LogP contribution in [0, 0.1) is 6.92 Å². The summed E-state index contributed by atoms with van der Waals surface area (Å²) in [6, 6.07) is 9.71. The van der Waals surface area contributed by atoms with Crippen molar-refractivity contribution in [1.82, 2.24) is 14.9 Å². The number of likely N-dealkylation sites (N-methyl/N-ethyl adjacent to an activating group) is 1. The van der Waals surface area contributed by atoms with Crippen molar-refractivity contribution in [1.29, 1.82) is 0 Å². The van der Waals surface area contributed by atoms with Crippen LogP contribution in [0.1, 0.15) is 16.0 Å². The van der Waals surface area contributed by atoms with Crippen molar-refractivity contribution in [3.63, 3.8) is 0 Å². The third-order valence-corrected chi connectivity index (χ3v) is 5.51. The van der Waals surface area contributed by atoms with Gasteiger partial charge in [-0.3, -0.25) is 9.69 Å². The Kier molecular flexibility index (Phi) is 3.81. The molecule has 0 radical (unpaired) electrons. The Bertz CT molecular complexity index is 1010. The molecule has 1 aromatic carbocycles. The second-order valence-corrected chi connectivity index (χ2v) is 7.26. The smallest absolute Gasteiger partial charge is 0.266 e. The Hall–Kier alpha value is -3.06. The number of hydrogen-bond acceptors (Lipinski definition) is 6. The average molecular weight is 363 g/mol. The highest BCUT2D eigenvalue weighted by Crippen LogP contribution is 2.42. The number of nitrogens with zero attached hydrogens (tertiary/aromatic N) is 4. The number of benzene rings is 1. The van der Waals surface area contributed by atoms with Gasteiger partial charge < -0.3 is 5.73 Å². The van der Waals surface area contributed by atoms with Gasteiger partial charge in [-0.25, -0.2) is 15.0 Å². The number of nitrogens with two attached hydrogens (primary N) is 1. The first-order valence-electron chi connectivity index (χ1n) is 8.08. The number of aliphatic imine (C=N–C) groups is 1. The number of amides is 1. The van der Waals surface area contributed by atoms with Gasteiger partial charge in [0.25, 0.3) is 5.91 Å². The summed E-state index contributed by atoms with van der Waals surface area (Å²) in [5.41, 5.74) is 8.30. The number of carbonyl (C=O) groups is 1. The van der Waals surface area contributed by atoms with Gasteiger partial charge in [-0.15, -0.1) is 11.3 Å². The van der Waals surface area contributed by atoms with E-state index in [1.165, 1.54) is 11.2 Å². The van der Waals surface area contributed by atoms with Crippen molar-refractivity contribution < 1.29 is 4.79 Å². The van der Waals surface area contributed by atoms with Crippen LogP contribution in [0.2, 0.25) is 0 Å². The standard InChI is InChI=1S/C19H17N5OS/c1-12-16(6-7-26-12)19(17(25)24(2)18(20)23-19)15-5-3-4-13(8-15)14-9-21-11-22-10-14/h3-11H,1-2H3,(H2,20,23). The van der Waals surface area contributed by atoms with Crippen molar-refractivity contribution in [3.05, 3.63) is 70.4 Å². The highest BCUT2D eigenvalue weighted by molar-refractivity contribution is 7.10. The lowest BCUT2D eigenvalue weighted by Gasteiger charge is -2.26. The van der Waals surface area contributed by atoms with Gasteiger partial charge >= 0.3 is 0 Å². The van der Waals surface area contributed by atoms with Crippen LogP contribution in [0.5, 0.6) is 0 Å². The van der Waals surface area contributed by atoms with E-state index in [0.29, 0.717) is 0 Å². The molecular weight excluding hydrogens is 346 g/mol. The zero-order valence-electron chi connectivity index (χ0n) is 14.4. The summed E-state index contributed by atoms with van der Waals surface area (Å²) in [4.78, 5) is 28.5. The molecule has 1 amide bonds. The Morgan fingerprint density at radius 1 is 1.15 bits per heavy atom. The number of aryl methyl sites for hydroxylation is 1. The van der Waals surface area contributed by atoms with E-state index in [4.69, 9.17) is 5.73 Å². The van der Waals surface area contributed by atoms with E-state index in [9.17, 15) is 4.79 Å². The Morgan fingerprint density at radius 2 is 1.92 bits per heavy atom. The number of aromatic nitrogens is 2. The number of thiophene rings is 1. The van der Waals surface area contributed by atoms with Crippen molar-refractivity contribution in [2.24, 2.45) is 10.7 Å². The minimum absolute atomic E-state index is 0.155. The maximum Gasteiger partial charge on any atom is 0.266 e. The van der Waals surface area contributed by atoms with Gasteiger partial charge in [0.05, 0.1) is 0 Å². The van der Waals surface area contributed by atoms with E-state index in [2.05, 4.69) is 15.0 Å². The van der Waals surface area contributed by atoms with Crippen molar-refractivity contribution in [2.45, 2.75) is 12.5 Å². The van der Waals surface area contributed by atoms with Crippen LogP contribution in [0.15, 0.2) is 59.4 Å². The molecule has 1 atom stereocenters. The summed E-state index contributed by atoms with van der Waals surface area (Å²) in [7, 11) is 1.65. The maximum absolute atomic E-state index is 13.2. The van der Waals surface area contributed by atoms with Crippen LogP contribution in [-0.4, -0.2) is 33.8 Å². The molecule has 2 aromatic heterocycles. The van der Waals surface area contributed by atoms with Gasteiger partial charge in [-0.1, -0.05) is 18.2 Å². The van der Waals surface area contributed by atoms with E-state index in [-0.39, 0.29) is 11.9 Å². The van der Waals surface area contributed by atoms with Crippen molar-refractivity contribution in [2.75, 3.05) is 7.05 Å². The molecule has 0 saturated carbocycles. The molecule has 2 N–H and O–H groups in total. The normalized spacial score (nSPS) is 19.7. The van der Waals surface area contributed by atoms with Crippen molar-refractivity contribution in [3.8, 4) is 11.1 Å². The molecule has 130 valence electrons. The molecule has 0 saturated heterocycles. The molecule has 1 aliphatic rings. The third kappa shape index (κ3) is 2.32. The lowest BCUT2D eigenvalue weighted by atomic mass is 9.82. The van der Waals surface area contributed by atoms with Gasteiger partial charge in [0.1, 0.15) is 6.33 Å². The molecule has 3 aromatic rings. The lowest BCUT2D eigenvalue weighted by Crippen LogP contribution is -2.41. The first kappa shape index (κ1) is 16.4. The maximum atomic E-state index is 13.2. The van der Waals surface area contributed by atoms with Crippen molar-refractivity contribution >= 4 is 23.2 Å². The highest BCUT2D eigenvalue weighted by Gasteiger charge is 2.50. The van der Waals surface area contributed by atoms with E-state index < -0.39 is 5.54 Å². The Labute approximate surface area is 155 Å². The molecule has 26 heavy (non-hydrogen) atoms. The fraction of sp³-hybridized carbons (Fsp3) is 0.158. The van der Waals surface area contributed by atoms with Crippen LogP contribution in [0.25, 0.3) is 11.1 Å². The monoisotopic (exact) mass is 363 g/mol. The second-order valence-electron chi connectivity index (χ2n) is 6.14. The summed E-state index contributed by atoms with van der Waals surface area (Å²) < 4.78 is 0. The largest absolute Gasteiger partial charge is 0.369 e. The Balaban J connectivity index is 1.95. The number of rotatable bonds is 3. The molecule has 0 aliphatic carbocycles. The zero-order chi connectivity index (χ0) is 18.3.